The van der Waals surface area contributed by atoms with E-state index in [9.17, 15) is 19.2 Å². The predicted octanol–water partition coefficient (Wildman–Crippen LogP) is 3.33. The molecule has 7 nitrogen and oxygen atoms in total. The number of hydrogen-bond acceptors (Lipinski definition) is 5. The fourth-order valence-corrected chi connectivity index (χ4v) is 5.48. The van der Waals surface area contributed by atoms with Crippen LogP contribution in [0.15, 0.2) is 48.5 Å². The fourth-order valence-electron chi connectivity index (χ4n) is 5.48. The normalized spacial score (nSPS) is 25.7. The van der Waals surface area contributed by atoms with Crippen LogP contribution >= 0.6 is 0 Å². The molecule has 2 aromatic rings. The molecular formula is C25H24N2O5. The minimum absolute atomic E-state index is 0.157. The molecule has 2 bridgehead atoms. The number of esters is 1. The van der Waals surface area contributed by atoms with Crippen molar-refractivity contribution in [3.8, 4) is 0 Å². The molecule has 5 rings (SSSR count). The highest BCUT2D eigenvalue weighted by atomic mass is 16.5. The van der Waals surface area contributed by atoms with Gasteiger partial charge in [0.1, 0.15) is 0 Å². The van der Waals surface area contributed by atoms with Crippen LogP contribution in [0, 0.1) is 30.6 Å². The number of nitrogens with one attached hydrogen (secondary N) is 1. The van der Waals surface area contributed by atoms with Crippen molar-refractivity contribution >= 4 is 35.1 Å². The van der Waals surface area contributed by atoms with Crippen LogP contribution in [-0.4, -0.2) is 30.3 Å². The summed E-state index contributed by atoms with van der Waals surface area (Å²) in [6.07, 6.45) is 2.99. The van der Waals surface area contributed by atoms with Crippen molar-refractivity contribution in [2.75, 3.05) is 16.8 Å². The number of anilines is 2. The molecule has 7 heteroatoms. The zero-order chi connectivity index (χ0) is 22.4. The maximum Gasteiger partial charge on any atom is 0.338 e. The van der Waals surface area contributed by atoms with Gasteiger partial charge in [0, 0.05) is 5.69 Å². The van der Waals surface area contributed by atoms with Crippen molar-refractivity contribution in [3.05, 3.63) is 59.7 Å². The lowest BCUT2D eigenvalue weighted by molar-refractivity contribution is -0.123. The summed E-state index contributed by atoms with van der Waals surface area (Å²) in [6, 6.07) is 13.6. The van der Waals surface area contributed by atoms with Crippen molar-refractivity contribution in [3.63, 3.8) is 0 Å². The summed E-state index contributed by atoms with van der Waals surface area (Å²) in [5, 5.41) is 2.67. The third-order valence-electron chi connectivity index (χ3n) is 6.94. The van der Waals surface area contributed by atoms with Gasteiger partial charge in [0.05, 0.1) is 23.1 Å². The number of benzene rings is 2. The van der Waals surface area contributed by atoms with Crippen LogP contribution in [0.5, 0.6) is 0 Å². The summed E-state index contributed by atoms with van der Waals surface area (Å²) in [5.41, 5.74) is 2.25. The molecule has 164 valence electrons. The van der Waals surface area contributed by atoms with E-state index in [1.165, 1.54) is 11.0 Å². The van der Waals surface area contributed by atoms with E-state index < -0.39 is 18.5 Å². The van der Waals surface area contributed by atoms with E-state index >= 15 is 0 Å². The lowest BCUT2D eigenvalue weighted by Gasteiger charge is -2.19. The number of hydrogen-bond donors (Lipinski definition) is 1. The molecule has 1 heterocycles. The third kappa shape index (κ3) is 3.47. The second-order valence-corrected chi connectivity index (χ2v) is 8.94. The minimum Gasteiger partial charge on any atom is -0.452 e. The smallest absolute Gasteiger partial charge is 0.338 e. The Hall–Kier alpha value is -3.48. The Balaban J connectivity index is 1.24. The second kappa shape index (κ2) is 7.89. The van der Waals surface area contributed by atoms with E-state index in [1.54, 1.807) is 30.3 Å². The number of ether oxygens (including phenoxy) is 1. The molecule has 3 fully saturated rings. The number of aryl methyl sites for hydroxylation is 1. The van der Waals surface area contributed by atoms with Crippen molar-refractivity contribution in [2.24, 2.45) is 23.7 Å². The fraction of sp³-hybridized carbons (Fsp3) is 0.360. The zero-order valence-corrected chi connectivity index (χ0v) is 17.7. The summed E-state index contributed by atoms with van der Waals surface area (Å²) in [6.45, 7) is 1.51. The molecule has 0 aromatic heterocycles. The van der Waals surface area contributed by atoms with Crippen LogP contribution in [0.25, 0.3) is 0 Å². The topological polar surface area (TPSA) is 92.8 Å². The van der Waals surface area contributed by atoms with Crippen LogP contribution in [0.4, 0.5) is 11.4 Å². The van der Waals surface area contributed by atoms with Crippen LogP contribution in [0.1, 0.15) is 35.2 Å². The molecule has 2 aromatic carbocycles. The number of nitrogens with zero attached hydrogens (tertiary/aromatic N) is 1. The first-order valence-corrected chi connectivity index (χ1v) is 10.9. The summed E-state index contributed by atoms with van der Waals surface area (Å²) in [4.78, 5) is 51.9. The molecule has 2 saturated carbocycles. The molecular weight excluding hydrogens is 408 g/mol. The Bertz CT molecular complexity index is 1080. The second-order valence-electron chi connectivity index (χ2n) is 8.94. The van der Waals surface area contributed by atoms with Gasteiger partial charge in [-0.3, -0.25) is 19.3 Å². The molecule has 32 heavy (non-hydrogen) atoms. The molecule has 1 N–H and O–H groups in total. The summed E-state index contributed by atoms with van der Waals surface area (Å²) in [7, 11) is 0. The molecule has 3 amide bonds. The molecule has 1 aliphatic heterocycles. The van der Waals surface area contributed by atoms with Crippen LogP contribution in [-0.2, 0) is 19.1 Å². The SMILES string of the molecule is Cc1ccc(NC(=O)COC(=O)c2cccc(N3C(=O)[C@@H]4[C@H]5CC[C@@H](C5)[C@@H]4C3=O)c2)cc1. The minimum atomic E-state index is -0.690. The quantitative estimate of drug-likeness (QED) is 0.578. The summed E-state index contributed by atoms with van der Waals surface area (Å²) < 4.78 is 5.14. The van der Waals surface area contributed by atoms with Crippen LogP contribution < -0.4 is 10.2 Å². The van der Waals surface area contributed by atoms with Gasteiger partial charge in [-0.05, 0) is 68.4 Å². The summed E-state index contributed by atoms with van der Waals surface area (Å²) >= 11 is 0. The van der Waals surface area contributed by atoms with E-state index in [4.69, 9.17) is 4.74 Å². The average molecular weight is 432 g/mol. The van der Waals surface area contributed by atoms with Gasteiger partial charge in [-0.15, -0.1) is 0 Å². The van der Waals surface area contributed by atoms with Gasteiger partial charge in [0.15, 0.2) is 6.61 Å². The van der Waals surface area contributed by atoms with Crippen LogP contribution in [0.2, 0.25) is 0 Å². The van der Waals surface area contributed by atoms with Crippen molar-refractivity contribution < 1.29 is 23.9 Å². The largest absolute Gasteiger partial charge is 0.452 e. The van der Waals surface area contributed by atoms with E-state index in [2.05, 4.69) is 5.32 Å². The number of fused-ring (bicyclic) bond motifs is 5. The Morgan fingerprint density at radius 2 is 1.66 bits per heavy atom. The van der Waals surface area contributed by atoms with E-state index in [0.29, 0.717) is 23.2 Å². The van der Waals surface area contributed by atoms with Crippen molar-refractivity contribution in [1.29, 1.82) is 0 Å². The first-order chi connectivity index (χ1) is 15.4. The van der Waals surface area contributed by atoms with E-state index in [0.717, 1.165) is 24.8 Å². The van der Waals surface area contributed by atoms with E-state index in [-0.39, 0.29) is 29.2 Å². The monoisotopic (exact) mass is 432 g/mol. The summed E-state index contributed by atoms with van der Waals surface area (Å²) in [5.74, 6) is -1.30. The molecule has 0 spiro atoms. The Kier molecular flexibility index (Phi) is 5.04. The van der Waals surface area contributed by atoms with Gasteiger partial charge in [0.2, 0.25) is 11.8 Å². The Morgan fingerprint density at radius 1 is 1.00 bits per heavy atom. The van der Waals surface area contributed by atoms with E-state index in [1.807, 2.05) is 19.1 Å². The predicted molar refractivity (Wildman–Crippen MR) is 117 cm³/mol. The molecule has 4 atom stereocenters. The van der Waals surface area contributed by atoms with Crippen molar-refractivity contribution in [2.45, 2.75) is 26.2 Å². The number of carbonyl (C=O) groups excluding carboxylic acids is 4. The molecule has 0 radical (unpaired) electrons. The maximum absolute atomic E-state index is 13.0. The number of amides is 3. The number of imide groups is 1. The van der Waals surface area contributed by atoms with Gasteiger partial charge in [-0.1, -0.05) is 23.8 Å². The molecule has 3 aliphatic rings. The number of carbonyl (C=O) groups is 4. The standard InChI is InChI=1S/C25H24N2O5/c1-14-5-9-18(10-6-14)26-20(28)13-32-25(31)17-3-2-4-19(12-17)27-23(29)21-15-7-8-16(11-15)22(21)24(27)30/h2-6,9-10,12,15-16,21-22H,7-8,11,13H2,1H3,(H,26,28)/t15-,16-,21-,22+/m0/s1. The number of rotatable bonds is 5. The highest BCUT2D eigenvalue weighted by Gasteiger charge is 2.61. The first-order valence-electron chi connectivity index (χ1n) is 10.9. The first kappa shape index (κ1) is 20.4. The zero-order valence-electron chi connectivity index (χ0n) is 17.7. The lowest BCUT2D eigenvalue weighted by atomic mass is 9.81. The van der Waals surface area contributed by atoms with Gasteiger partial charge < -0.3 is 10.1 Å². The van der Waals surface area contributed by atoms with Crippen LogP contribution in [0.3, 0.4) is 0 Å². The highest BCUT2D eigenvalue weighted by Crippen LogP contribution is 2.56. The van der Waals surface area contributed by atoms with Gasteiger partial charge >= 0.3 is 5.97 Å². The lowest BCUT2D eigenvalue weighted by Crippen LogP contribution is -2.32. The average Bonchev–Trinajstić information content (AvgIpc) is 3.47. The molecule has 2 aliphatic carbocycles. The van der Waals surface area contributed by atoms with Gasteiger partial charge in [-0.2, -0.15) is 0 Å². The van der Waals surface area contributed by atoms with Gasteiger partial charge in [0.25, 0.3) is 5.91 Å². The highest BCUT2D eigenvalue weighted by molar-refractivity contribution is 6.22. The Labute approximate surface area is 185 Å². The third-order valence-corrected chi connectivity index (χ3v) is 6.94. The van der Waals surface area contributed by atoms with Gasteiger partial charge in [-0.25, -0.2) is 4.79 Å². The molecule has 0 unspecified atom stereocenters. The Morgan fingerprint density at radius 3 is 2.31 bits per heavy atom. The maximum atomic E-state index is 13.0. The molecule has 1 saturated heterocycles. The van der Waals surface area contributed by atoms with Crippen molar-refractivity contribution in [1.82, 2.24) is 0 Å².